The molecule has 1 amide bonds. The van der Waals surface area contributed by atoms with Crippen LogP contribution in [0, 0.1) is 0 Å². The van der Waals surface area contributed by atoms with Gasteiger partial charge in [-0.3, -0.25) is 15.6 Å². The maximum Gasteiger partial charge on any atom is 0.269 e. The number of hydrogen-bond donors (Lipinski definition) is 6. The van der Waals surface area contributed by atoms with Crippen molar-refractivity contribution in [2.45, 2.75) is 37.0 Å². The number of amides is 1. The SMILES string of the molecule is Cl.N[C@@H]1C[C@H](N)CN(c2nc(NNC(=O)c3cccc(Br)c3)nc(N3C[C@H](N)C[C@H](N)C3)n2)C1. The standard InChI is InChI=1S/C20H30BrN11O.ClH/c21-12-3-1-2-11(4-12)17(33)29-30-18-26-19(31-7-13(22)5-14(23)8-31)28-20(27-18)32-9-15(24)6-16(25)10-32;/h1-4,13-16H,5-10,22-25H2,(H,29,33)(H,26,27,28,30);1H/t13-,14+,15-,16+;. The lowest BCUT2D eigenvalue weighted by Gasteiger charge is -2.36. The molecule has 4 atom stereocenters. The van der Waals surface area contributed by atoms with Crippen molar-refractivity contribution >= 4 is 52.1 Å². The van der Waals surface area contributed by atoms with Gasteiger partial charge in [0.2, 0.25) is 17.8 Å². The number of nitrogens with zero attached hydrogens (tertiary/aromatic N) is 5. The summed E-state index contributed by atoms with van der Waals surface area (Å²) < 4.78 is 0.801. The van der Waals surface area contributed by atoms with Gasteiger partial charge in [-0.1, -0.05) is 22.0 Å². The molecule has 1 aromatic heterocycles. The third-order valence-electron chi connectivity index (χ3n) is 5.58. The summed E-state index contributed by atoms with van der Waals surface area (Å²) in [6.07, 6.45) is 1.47. The van der Waals surface area contributed by atoms with Crippen molar-refractivity contribution in [3.63, 3.8) is 0 Å². The van der Waals surface area contributed by atoms with Gasteiger partial charge in [-0.2, -0.15) is 15.0 Å². The first-order chi connectivity index (χ1) is 15.8. The number of aromatic nitrogens is 3. The van der Waals surface area contributed by atoms with E-state index >= 15 is 0 Å². The summed E-state index contributed by atoms with van der Waals surface area (Å²) in [5.41, 5.74) is 30.6. The maximum atomic E-state index is 12.6. The fourth-order valence-electron chi connectivity index (χ4n) is 4.19. The summed E-state index contributed by atoms with van der Waals surface area (Å²) in [6, 6.07) is 6.71. The zero-order chi connectivity index (χ0) is 23.5. The topological polar surface area (TPSA) is 190 Å². The van der Waals surface area contributed by atoms with E-state index in [1.54, 1.807) is 18.2 Å². The van der Waals surface area contributed by atoms with Gasteiger partial charge in [0.1, 0.15) is 0 Å². The van der Waals surface area contributed by atoms with Crippen molar-refractivity contribution in [1.82, 2.24) is 20.4 Å². The number of carbonyl (C=O) groups excluding carboxylic acids is 1. The van der Waals surface area contributed by atoms with Crippen LogP contribution in [0.3, 0.4) is 0 Å². The molecule has 10 N–H and O–H groups in total. The molecule has 2 aromatic rings. The van der Waals surface area contributed by atoms with Gasteiger partial charge in [0.15, 0.2) is 0 Å². The Morgan fingerprint density at radius 2 is 1.38 bits per heavy atom. The Kier molecular flexibility index (Phi) is 8.84. The Morgan fingerprint density at radius 3 is 1.85 bits per heavy atom. The molecule has 2 aliphatic heterocycles. The Labute approximate surface area is 212 Å². The van der Waals surface area contributed by atoms with Crippen molar-refractivity contribution in [2.24, 2.45) is 22.9 Å². The second-order valence-electron chi connectivity index (χ2n) is 8.67. The third kappa shape index (κ3) is 6.64. The van der Waals surface area contributed by atoms with Crippen LogP contribution in [0.4, 0.5) is 17.8 Å². The summed E-state index contributed by atoms with van der Waals surface area (Å²) in [7, 11) is 0. The largest absolute Gasteiger partial charge is 0.338 e. The van der Waals surface area contributed by atoms with Crippen molar-refractivity contribution in [3.8, 4) is 0 Å². The lowest BCUT2D eigenvalue weighted by molar-refractivity contribution is 0.0962. The molecule has 1 aromatic carbocycles. The molecule has 2 aliphatic rings. The number of halogens is 2. The first kappa shape index (κ1) is 26.3. The first-order valence-electron chi connectivity index (χ1n) is 10.9. The molecule has 2 fully saturated rings. The molecule has 14 heteroatoms. The highest BCUT2D eigenvalue weighted by Gasteiger charge is 2.28. The van der Waals surface area contributed by atoms with Gasteiger partial charge in [-0.15, -0.1) is 12.4 Å². The molecule has 12 nitrogen and oxygen atoms in total. The number of hydrazine groups is 1. The Bertz CT molecular complexity index is 934. The van der Waals surface area contributed by atoms with Gasteiger partial charge in [-0.25, -0.2) is 0 Å². The molecular weight excluding hydrogens is 526 g/mol. The van der Waals surface area contributed by atoms with Crippen LogP contribution in [-0.4, -0.2) is 71.2 Å². The van der Waals surface area contributed by atoms with Crippen LogP contribution in [-0.2, 0) is 0 Å². The zero-order valence-corrected chi connectivity index (χ0v) is 21.0. The number of benzene rings is 1. The lowest BCUT2D eigenvalue weighted by Crippen LogP contribution is -2.54. The normalized spacial score (nSPS) is 24.9. The molecule has 0 saturated carbocycles. The monoisotopic (exact) mass is 555 g/mol. The van der Waals surface area contributed by atoms with Crippen LogP contribution in [0.5, 0.6) is 0 Å². The Morgan fingerprint density at radius 1 is 0.882 bits per heavy atom. The predicted molar refractivity (Wildman–Crippen MR) is 138 cm³/mol. The Balaban J connectivity index is 0.00000324. The summed E-state index contributed by atoms with van der Waals surface area (Å²) in [4.78, 5) is 30.1. The number of carbonyl (C=O) groups is 1. The predicted octanol–water partition coefficient (Wildman–Crippen LogP) is -0.458. The summed E-state index contributed by atoms with van der Waals surface area (Å²) in [6.45, 7) is 2.28. The highest BCUT2D eigenvalue weighted by atomic mass is 79.9. The Hall–Kier alpha value is -2.29. The molecule has 0 bridgehead atoms. The molecule has 0 spiro atoms. The number of hydrogen-bond acceptors (Lipinski definition) is 11. The maximum absolute atomic E-state index is 12.6. The number of nitrogens with one attached hydrogen (secondary N) is 2. The lowest BCUT2D eigenvalue weighted by atomic mass is 10.0. The minimum Gasteiger partial charge on any atom is -0.338 e. The molecule has 34 heavy (non-hydrogen) atoms. The van der Waals surface area contributed by atoms with E-state index in [1.165, 1.54) is 0 Å². The first-order valence-corrected chi connectivity index (χ1v) is 11.7. The van der Waals surface area contributed by atoms with Crippen LogP contribution in [0.2, 0.25) is 0 Å². The smallest absolute Gasteiger partial charge is 0.269 e. The van der Waals surface area contributed by atoms with Crippen LogP contribution >= 0.6 is 28.3 Å². The highest BCUT2D eigenvalue weighted by Crippen LogP contribution is 2.22. The molecule has 0 unspecified atom stereocenters. The fourth-order valence-corrected chi connectivity index (χ4v) is 4.59. The summed E-state index contributed by atoms with van der Waals surface area (Å²) in [5.74, 6) is 0.720. The van der Waals surface area contributed by atoms with Crippen molar-refractivity contribution < 1.29 is 4.79 Å². The highest BCUT2D eigenvalue weighted by molar-refractivity contribution is 9.10. The second kappa shape index (κ2) is 11.4. The van der Waals surface area contributed by atoms with Crippen LogP contribution < -0.4 is 43.6 Å². The van der Waals surface area contributed by atoms with E-state index in [0.717, 1.165) is 17.3 Å². The van der Waals surface area contributed by atoms with E-state index in [4.69, 9.17) is 22.9 Å². The molecule has 4 rings (SSSR count). The van der Waals surface area contributed by atoms with E-state index in [0.29, 0.717) is 43.6 Å². The molecule has 2 saturated heterocycles. The van der Waals surface area contributed by atoms with Crippen LogP contribution in [0.25, 0.3) is 0 Å². The number of nitrogens with two attached hydrogens (primary N) is 4. The molecular formula is C20H31BrClN11O. The summed E-state index contributed by atoms with van der Waals surface area (Å²) in [5, 5.41) is 0. The van der Waals surface area contributed by atoms with Gasteiger partial charge in [0.05, 0.1) is 0 Å². The van der Waals surface area contributed by atoms with Crippen molar-refractivity contribution in [3.05, 3.63) is 34.3 Å². The number of piperidine rings is 2. The van der Waals surface area contributed by atoms with Gasteiger partial charge in [0.25, 0.3) is 5.91 Å². The third-order valence-corrected chi connectivity index (χ3v) is 6.08. The van der Waals surface area contributed by atoms with E-state index < -0.39 is 0 Å². The minimum atomic E-state index is -0.330. The van der Waals surface area contributed by atoms with Crippen LogP contribution in [0.1, 0.15) is 23.2 Å². The molecule has 186 valence electrons. The zero-order valence-electron chi connectivity index (χ0n) is 18.6. The molecule has 0 aliphatic carbocycles. The summed E-state index contributed by atoms with van der Waals surface area (Å²) >= 11 is 3.37. The van der Waals surface area contributed by atoms with E-state index in [1.807, 2.05) is 15.9 Å². The number of anilines is 3. The second-order valence-corrected chi connectivity index (χ2v) is 9.59. The van der Waals surface area contributed by atoms with Crippen molar-refractivity contribution in [2.75, 3.05) is 41.4 Å². The quantitative estimate of drug-likeness (QED) is 0.261. The molecule has 0 radical (unpaired) electrons. The van der Waals surface area contributed by atoms with Crippen molar-refractivity contribution in [1.29, 1.82) is 0 Å². The van der Waals surface area contributed by atoms with Crippen LogP contribution in [0.15, 0.2) is 28.7 Å². The van der Waals surface area contributed by atoms with E-state index in [-0.39, 0.29) is 48.4 Å². The van der Waals surface area contributed by atoms with E-state index in [9.17, 15) is 4.79 Å². The van der Waals surface area contributed by atoms with Gasteiger partial charge >= 0.3 is 0 Å². The fraction of sp³-hybridized carbons (Fsp3) is 0.500. The van der Waals surface area contributed by atoms with Gasteiger partial charge < -0.3 is 32.7 Å². The van der Waals surface area contributed by atoms with E-state index in [2.05, 4.69) is 41.7 Å². The molecule has 3 heterocycles. The average Bonchev–Trinajstić information content (AvgIpc) is 2.76. The van der Waals surface area contributed by atoms with Gasteiger partial charge in [0, 0.05) is 60.4 Å². The average molecular weight is 557 g/mol. The number of rotatable bonds is 5. The minimum absolute atomic E-state index is 0. The van der Waals surface area contributed by atoms with Gasteiger partial charge in [-0.05, 0) is 31.0 Å².